The van der Waals surface area contributed by atoms with Gasteiger partial charge in [0.25, 0.3) is 0 Å². The third-order valence-electron chi connectivity index (χ3n) is 3.75. The number of hydrogen-bond acceptors (Lipinski definition) is 3. The number of hydrogen-bond donors (Lipinski definition) is 1. The van der Waals surface area contributed by atoms with Gasteiger partial charge in [0, 0.05) is 18.9 Å². The summed E-state index contributed by atoms with van der Waals surface area (Å²) in [4.78, 5) is 0.218. The fourth-order valence-corrected chi connectivity index (χ4v) is 4.03. The number of sulfonamides is 1. The number of alkyl halides is 1. The van der Waals surface area contributed by atoms with Crippen molar-refractivity contribution in [1.82, 2.24) is 4.31 Å². The van der Waals surface area contributed by atoms with Crippen molar-refractivity contribution in [1.29, 1.82) is 0 Å². The quantitative estimate of drug-likeness (QED) is 0.762. The van der Waals surface area contributed by atoms with E-state index in [9.17, 15) is 13.5 Å². The van der Waals surface area contributed by atoms with Gasteiger partial charge in [0.05, 0.1) is 4.90 Å². The predicted octanol–water partition coefficient (Wildman–Crippen LogP) is 2.90. The zero-order valence-electron chi connectivity index (χ0n) is 13.1. The van der Waals surface area contributed by atoms with Gasteiger partial charge in [-0.15, -0.1) is 0 Å². The molecule has 124 valence electrons. The summed E-state index contributed by atoms with van der Waals surface area (Å²) in [5, 5.41) is 11.1. The number of rotatable bonds is 6. The topological polar surface area (TPSA) is 57.6 Å². The Labute approximate surface area is 145 Å². The van der Waals surface area contributed by atoms with Crippen LogP contribution in [-0.2, 0) is 15.6 Å². The second-order valence-corrected chi connectivity index (χ2v) is 8.21. The predicted molar refractivity (Wildman–Crippen MR) is 95.1 cm³/mol. The van der Waals surface area contributed by atoms with Crippen molar-refractivity contribution < 1.29 is 13.5 Å². The third kappa shape index (κ3) is 4.01. The first kappa shape index (κ1) is 18.1. The van der Waals surface area contributed by atoms with Crippen LogP contribution in [-0.4, -0.2) is 36.8 Å². The van der Waals surface area contributed by atoms with E-state index in [1.54, 1.807) is 36.4 Å². The maximum atomic E-state index is 12.7. The molecule has 4 nitrogen and oxygen atoms in total. The van der Waals surface area contributed by atoms with Gasteiger partial charge in [0.15, 0.2) is 0 Å². The van der Waals surface area contributed by atoms with Crippen LogP contribution < -0.4 is 0 Å². The van der Waals surface area contributed by atoms with Gasteiger partial charge < -0.3 is 5.11 Å². The smallest absolute Gasteiger partial charge is 0.242 e. The molecule has 1 atom stereocenters. The second-order valence-electron chi connectivity index (χ2n) is 5.61. The molecule has 0 saturated carbocycles. The lowest BCUT2D eigenvalue weighted by Crippen LogP contribution is -2.43. The normalized spacial score (nSPS) is 14.7. The molecule has 0 aliphatic rings. The SMILES string of the molecule is Cc1ccc(S(=O)(=O)N(C)CC(O)(CBr)c2ccccc2)cc1. The summed E-state index contributed by atoms with van der Waals surface area (Å²) in [5.41, 5.74) is 0.365. The first-order chi connectivity index (χ1) is 10.8. The minimum atomic E-state index is -3.65. The van der Waals surface area contributed by atoms with E-state index in [-0.39, 0.29) is 16.8 Å². The lowest BCUT2D eigenvalue weighted by atomic mass is 9.96. The lowest BCUT2D eigenvalue weighted by Gasteiger charge is -2.31. The van der Waals surface area contributed by atoms with E-state index in [2.05, 4.69) is 15.9 Å². The molecule has 0 aliphatic heterocycles. The van der Waals surface area contributed by atoms with Crippen LogP contribution in [0.15, 0.2) is 59.5 Å². The van der Waals surface area contributed by atoms with Crippen LogP contribution in [0.1, 0.15) is 11.1 Å². The highest BCUT2D eigenvalue weighted by Crippen LogP contribution is 2.26. The van der Waals surface area contributed by atoms with Gasteiger partial charge in [-0.25, -0.2) is 8.42 Å². The van der Waals surface area contributed by atoms with Gasteiger partial charge >= 0.3 is 0 Å². The standard InChI is InChI=1S/C17H20BrNO3S/c1-14-8-10-16(11-9-14)23(21,22)19(2)13-17(20,12-18)15-6-4-3-5-7-15/h3-11,20H,12-13H2,1-2H3. The molecule has 2 rings (SSSR count). The number of benzene rings is 2. The molecule has 2 aromatic rings. The Morgan fingerprint density at radius 1 is 1.09 bits per heavy atom. The van der Waals surface area contributed by atoms with E-state index in [0.29, 0.717) is 5.56 Å². The van der Waals surface area contributed by atoms with Crippen LogP contribution in [0.4, 0.5) is 0 Å². The molecular weight excluding hydrogens is 378 g/mol. The largest absolute Gasteiger partial charge is 0.383 e. The molecule has 0 bridgehead atoms. The van der Waals surface area contributed by atoms with Crippen molar-refractivity contribution in [3.8, 4) is 0 Å². The molecule has 0 heterocycles. The van der Waals surface area contributed by atoms with Gasteiger partial charge in [-0.1, -0.05) is 64.0 Å². The Morgan fingerprint density at radius 2 is 1.65 bits per heavy atom. The van der Waals surface area contributed by atoms with Gasteiger partial charge in [-0.3, -0.25) is 0 Å². The molecule has 1 unspecified atom stereocenters. The summed E-state index contributed by atoms with van der Waals surface area (Å²) < 4.78 is 26.5. The van der Waals surface area contributed by atoms with Crippen molar-refractivity contribution in [2.24, 2.45) is 0 Å². The second kappa shape index (κ2) is 7.13. The number of halogens is 1. The van der Waals surface area contributed by atoms with E-state index in [4.69, 9.17) is 0 Å². The van der Waals surface area contributed by atoms with E-state index in [1.807, 2.05) is 25.1 Å². The van der Waals surface area contributed by atoms with E-state index in [1.165, 1.54) is 11.4 Å². The Morgan fingerprint density at radius 3 is 2.17 bits per heavy atom. The fraction of sp³-hybridized carbons (Fsp3) is 0.294. The first-order valence-electron chi connectivity index (χ1n) is 7.16. The third-order valence-corrected chi connectivity index (χ3v) is 6.49. The average Bonchev–Trinajstić information content (AvgIpc) is 2.56. The van der Waals surface area contributed by atoms with E-state index < -0.39 is 15.6 Å². The monoisotopic (exact) mass is 397 g/mol. The zero-order valence-corrected chi connectivity index (χ0v) is 15.5. The lowest BCUT2D eigenvalue weighted by molar-refractivity contribution is 0.0478. The molecule has 6 heteroatoms. The van der Waals surface area contributed by atoms with Crippen LogP contribution in [0.3, 0.4) is 0 Å². The number of aryl methyl sites for hydroxylation is 1. The van der Waals surface area contributed by atoms with E-state index in [0.717, 1.165) is 5.56 Å². The van der Waals surface area contributed by atoms with Crippen molar-refractivity contribution >= 4 is 26.0 Å². The number of nitrogens with zero attached hydrogens (tertiary/aromatic N) is 1. The summed E-state index contributed by atoms with van der Waals surface area (Å²) in [6, 6.07) is 15.7. The zero-order chi connectivity index (χ0) is 17.1. The summed E-state index contributed by atoms with van der Waals surface area (Å²) >= 11 is 3.30. The highest BCUT2D eigenvalue weighted by Gasteiger charge is 2.34. The molecule has 0 aliphatic carbocycles. The van der Waals surface area contributed by atoms with Gasteiger partial charge in [-0.05, 0) is 24.6 Å². The van der Waals surface area contributed by atoms with Crippen molar-refractivity contribution in [3.63, 3.8) is 0 Å². The molecule has 0 radical (unpaired) electrons. The Kier molecular flexibility index (Phi) is 5.62. The Bertz CT molecular complexity index is 747. The summed E-state index contributed by atoms with van der Waals surface area (Å²) in [7, 11) is -2.18. The van der Waals surface area contributed by atoms with Crippen LogP contribution in [0.25, 0.3) is 0 Å². The maximum Gasteiger partial charge on any atom is 0.242 e. The molecule has 0 spiro atoms. The van der Waals surface area contributed by atoms with Gasteiger partial charge in [0.2, 0.25) is 10.0 Å². The minimum absolute atomic E-state index is 0.0432. The summed E-state index contributed by atoms with van der Waals surface area (Å²) in [5.74, 6) is 0. The van der Waals surface area contributed by atoms with Crippen molar-refractivity contribution in [3.05, 3.63) is 65.7 Å². The Hall–Kier alpha value is -1.21. The Balaban J connectivity index is 2.29. The first-order valence-corrected chi connectivity index (χ1v) is 9.73. The van der Waals surface area contributed by atoms with Gasteiger partial charge in [-0.2, -0.15) is 4.31 Å². The molecule has 23 heavy (non-hydrogen) atoms. The van der Waals surface area contributed by atoms with Crippen LogP contribution in [0.5, 0.6) is 0 Å². The molecule has 0 saturated heterocycles. The van der Waals surface area contributed by atoms with Crippen LogP contribution >= 0.6 is 15.9 Å². The molecule has 0 aromatic heterocycles. The number of aliphatic hydroxyl groups is 1. The highest BCUT2D eigenvalue weighted by molar-refractivity contribution is 9.09. The fourth-order valence-electron chi connectivity index (χ4n) is 2.30. The van der Waals surface area contributed by atoms with Crippen molar-refractivity contribution in [2.45, 2.75) is 17.4 Å². The summed E-state index contributed by atoms with van der Waals surface area (Å²) in [6.07, 6.45) is 0. The highest BCUT2D eigenvalue weighted by atomic mass is 79.9. The van der Waals surface area contributed by atoms with E-state index >= 15 is 0 Å². The van der Waals surface area contributed by atoms with Gasteiger partial charge in [0.1, 0.15) is 5.60 Å². The molecule has 1 N–H and O–H groups in total. The van der Waals surface area contributed by atoms with Crippen LogP contribution in [0, 0.1) is 6.92 Å². The average molecular weight is 398 g/mol. The number of likely N-dealkylation sites (N-methyl/N-ethyl adjacent to an activating group) is 1. The molecule has 0 amide bonds. The van der Waals surface area contributed by atoms with Crippen LogP contribution in [0.2, 0.25) is 0 Å². The maximum absolute atomic E-state index is 12.7. The molecule has 0 fully saturated rings. The van der Waals surface area contributed by atoms with Crippen molar-refractivity contribution in [2.75, 3.05) is 18.9 Å². The molecular formula is C17H20BrNO3S. The minimum Gasteiger partial charge on any atom is -0.383 e. The molecule has 2 aromatic carbocycles. The summed E-state index contributed by atoms with van der Waals surface area (Å²) in [6.45, 7) is 1.86.